The SMILES string of the molecule is O=C([O-])[C@@H](Cc1ccccc1)NS(=O)(=O)c1ccc(F)c(Cl)c1. The van der Waals surface area contributed by atoms with Crippen molar-refractivity contribution in [3.63, 3.8) is 0 Å². The van der Waals surface area contributed by atoms with Crippen LogP contribution in [0, 0.1) is 5.82 Å². The molecule has 0 spiro atoms. The van der Waals surface area contributed by atoms with E-state index < -0.39 is 27.9 Å². The molecule has 0 heterocycles. The molecule has 0 amide bonds. The van der Waals surface area contributed by atoms with Gasteiger partial charge >= 0.3 is 0 Å². The number of hydrogen-bond acceptors (Lipinski definition) is 4. The van der Waals surface area contributed by atoms with Crippen molar-refractivity contribution < 1.29 is 22.7 Å². The second-order valence-electron chi connectivity index (χ2n) is 4.76. The molecule has 122 valence electrons. The van der Waals surface area contributed by atoms with E-state index in [4.69, 9.17) is 11.6 Å². The Morgan fingerprint density at radius 2 is 1.87 bits per heavy atom. The van der Waals surface area contributed by atoms with Crippen LogP contribution in [-0.2, 0) is 21.2 Å². The molecule has 0 radical (unpaired) electrons. The molecule has 0 saturated carbocycles. The Bertz CT molecular complexity index is 811. The van der Waals surface area contributed by atoms with Gasteiger partial charge in [0.25, 0.3) is 0 Å². The third kappa shape index (κ3) is 4.51. The molecule has 1 N–H and O–H groups in total. The van der Waals surface area contributed by atoms with Gasteiger partial charge in [-0.15, -0.1) is 0 Å². The third-order valence-corrected chi connectivity index (χ3v) is 4.82. The first-order valence-corrected chi connectivity index (χ1v) is 8.38. The highest BCUT2D eigenvalue weighted by Gasteiger charge is 2.22. The van der Waals surface area contributed by atoms with Crippen LogP contribution in [0.15, 0.2) is 53.4 Å². The van der Waals surface area contributed by atoms with Crippen LogP contribution in [-0.4, -0.2) is 20.4 Å². The summed E-state index contributed by atoms with van der Waals surface area (Å²) in [6.07, 6.45) is -0.0860. The van der Waals surface area contributed by atoms with Gasteiger partial charge in [0.05, 0.1) is 21.9 Å². The van der Waals surface area contributed by atoms with E-state index in [9.17, 15) is 22.7 Å². The number of carbonyl (C=O) groups excluding carboxylic acids is 1. The Labute approximate surface area is 137 Å². The van der Waals surface area contributed by atoms with Crippen LogP contribution in [0.3, 0.4) is 0 Å². The standard InChI is InChI=1S/C15H13ClFNO4S/c16-12-9-11(6-7-13(12)17)23(21,22)18-14(15(19)20)8-10-4-2-1-3-5-10/h1-7,9,14,18H,8H2,(H,19,20)/p-1/t14-/m1/s1. The monoisotopic (exact) mass is 356 g/mol. The van der Waals surface area contributed by atoms with Crippen molar-refractivity contribution in [1.82, 2.24) is 4.72 Å². The largest absolute Gasteiger partial charge is 0.548 e. The van der Waals surface area contributed by atoms with Gasteiger partial charge in [0.2, 0.25) is 10.0 Å². The number of sulfonamides is 1. The van der Waals surface area contributed by atoms with Gasteiger partial charge in [-0.3, -0.25) is 0 Å². The van der Waals surface area contributed by atoms with E-state index >= 15 is 0 Å². The van der Waals surface area contributed by atoms with E-state index in [1.54, 1.807) is 30.3 Å². The van der Waals surface area contributed by atoms with Crippen molar-refractivity contribution in [3.8, 4) is 0 Å². The normalized spacial score (nSPS) is 12.8. The van der Waals surface area contributed by atoms with Crippen LogP contribution in [0.25, 0.3) is 0 Å². The van der Waals surface area contributed by atoms with E-state index in [0.717, 1.165) is 18.2 Å². The Hall–Kier alpha value is -1.96. The molecule has 0 fully saturated rings. The average molecular weight is 357 g/mol. The number of benzene rings is 2. The zero-order valence-electron chi connectivity index (χ0n) is 11.7. The lowest BCUT2D eigenvalue weighted by atomic mass is 10.1. The van der Waals surface area contributed by atoms with Crippen molar-refractivity contribution in [2.45, 2.75) is 17.4 Å². The van der Waals surface area contributed by atoms with E-state index in [1.165, 1.54) is 0 Å². The van der Waals surface area contributed by atoms with Crippen molar-refractivity contribution in [1.29, 1.82) is 0 Å². The molecule has 0 bridgehead atoms. The Balaban J connectivity index is 2.24. The molecule has 8 heteroatoms. The van der Waals surface area contributed by atoms with Gasteiger partial charge < -0.3 is 9.90 Å². The van der Waals surface area contributed by atoms with Crippen LogP contribution in [0.1, 0.15) is 5.56 Å². The van der Waals surface area contributed by atoms with Crippen LogP contribution in [0.2, 0.25) is 5.02 Å². The van der Waals surface area contributed by atoms with Crippen molar-refractivity contribution >= 4 is 27.6 Å². The zero-order chi connectivity index (χ0) is 17.0. The van der Waals surface area contributed by atoms with Crippen molar-refractivity contribution in [3.05, 3.63) is 64.9 Å². The summed E-state index contributed by atoms with van der Waals surface area (Å²) in [5, 5.41) is 10.8. The Morgan fingerprint density at radius 1 is 1.22 bits per heavy atom. The van der Waals surface area contributed by atoms with E-state index in [1.807, 2.05) is 4.72 Å². The zero-order valence-corrected chi connectivity index (χ0v) is 13.3. The number of rotatable bonds is 6. The minimum Gasteiger partial charge on any atom is -0.548 e. The number of halogens is 2. The van der Waals surface area contributed by atoms with Gasteiger partial charge in [0.15, 0.2) is 0 Å². The topological polar surface area (TPSA) is 86.3 Å². The molecule has 23 heavy (non-hydrogen) atoms. The van der Waals surface area contributed by atoms with Gasteiger partial charge in [-0.1, -0.05) is 41.9 Å². The van der Waals surface area contributed by atoms with Crippen LogP contribution < -0.4 is 9.83 Å². The molecular formula is C15H12ClFNO4S-. The molecule has 0 unspecified atom stereocenters. The summed E-state index contributed by atoms with van der Waals surface area (Å²) in [5.74, 6) is -2.34. The van der Waals surface area contributed by atoms with Crippen LogP contribution in [0.5, 0.6) is 0 Å². The highest BCUT2D eigenvalue weighted by Crippen LogP contribution is 2.19. The van der Waals surface area contributed by atoms with Crippen LogP contribution in [0.4, 0.5) is 4.39 Å². The lowest BCUT2D eigenvalue weighted by molar-refractivity contribution is -0.307. The summed E-state index contributed by atoms with van der Waals surface area (Å²) in [6, 6.07) is 9.83. The minimum absolute atomic E-state index is 0.0860. The van der Waals surface area contributed by atoms with Gasteiger partial charge in [-0.05, 0) is 30.2 Å². The molecule has 2 aromatic rings. The lowest BCUT2D eigenvalue weighted by Gasteiger charge is -2.20. The molecule has 0 aromatic heterocycles. The highest BCUT2D eigenvalue weighted by atomic mass is 35.5. The summed E-state index contributed by atoms with van der Waals surface area (Å²) in [5.41, 5.74) is 0.626. The fraction of sp³-hybridized carbons (Fsp3) is 0.133. The lowest BCUT2D eigenvalue weighted by Crippen LogP contribution is -2.49. The number of carbonyl (C=O) groups is 1. The van der Waals surface area contributed by atoms with Gasteiger partial charge in [0, 0.05) is 0 Å². The fourth-order valence-corrected chi connectivity index (χ4v) is 3.38. The maximum atomic E-state index is 13.1. The third-order valence-electron chi connectivity index (χ3n) is 3.07. The summed E-state index contributed by atoms with van der Waals surface area (Å²) in [4.78, 5) is 10.9. The molecule has 2 aromatic carbocycles. The summed E-state index contributed by atoms with van der Waals surface area (Å²) >= 11 is 5.55. The maximum Gasteiger partial charge on any atom is 0.241 e. The molecule has 0 aliphatic heterocycles. The predicted molar refractivity (Wildman–Crippen MR) is 80.7 cm³/mol. The summed E-state index contributed by atoms with van der Waals surface area (Å²) < 4.78 is 39.6. The van der Waals surface area contributed by atoms with E-state index in [0.29, 0.717) is 5.56 Å². The smallest absolute Gasteiger partial charge is 0.241 e. The first-order chi connectivity index (χ1) is 10.8. The molecular weight excluding hydrogens is 345 g/mol. The van der Waals surface area contributed by atoms with E-state index in [-0.39, 0.29) is 16.3 Å². The van der Waals surface area contributed by atoms with Crippen molar-refractivity contribution in [2.24, 2.45) is 0 Å². The average Bonchev–Trinajstić information content (AvgIpc) is 2.50. The molecule has 0 saturated heterocycles. The second kappa shape index (κ2) is 7.08. The molecule has 0 aliphatic carbocycles. The van der Waals surface area contributed by atoms with Crippen molar-refractivity contribution in [2.75, 3.05) is 0 Å². The number of hydrogen-bond donors (Lipinski definition) is 1. The Morgan fingerprint density at radius 3 is 2.43 bits per heavy atom. The first-order valence-electron chi connectivity index (χ1n) is 6.52. The number of nitrogens with one attached hydrogen (secondary N) is 1. The second-order valence-corrected chi connectivity index (χ2v) is 6.88. The molecule has 0 aliphatic rings. The highest BCUT2D eigenvalue weighted by molar-refractivity contribution is 7.89. The van der Waals surface area contributed by atoms with Gasteiger partial charge in [-0.25, -0.2) is 17.5 Å². The first kappa shape index (κ1) is 17.4. The summed E-state index contributed by atoms with van der Waals surface area (Å²) in [6.45, 7) is 0. The molecule has 5 nitrogen and oxygen atoms in total. The quantitative estimate of drug-likeness (QED) is 0.840. The molecule has 2 rings (SSSR count). The van der Waals surface area contributed by atoms with Gasteiger partial charge in [-0.2, -0.15) is 0 Å². The summed E-state index contributed by atoms with van der Waals surface area (Å²) in [7, 11) is -4.19. The van der Waals surface area contributed by atoms with Gasteiger partial charge in [0.1, 0.15) is 5.82 Å². The number of carboxylic acids is 1. The van der Waals surface area contributed by atoms with Crippen LogP contribution >= 0.6 is 11.6 Å². The van der Waals surface area contributed by atoms with E-state index in [2.05, 4.69) is 0 Å². The number of carboxylic acid groups (broad SMARTS) is 1. The maximum absolute atomic E-state index is 13.1. The number of aliphatic carboxylic acids is 1. The fourth-order valence-electron chi connectivity index (χ4n) is 1.92. The minimum atomic E-state index is -4.19. The molecule has 1 atom stereocenters. The Kier molecular flexibility index (Phi) is 5.35. The predicted octanol–water partition coefficient (Wildman–Crippen LogP) is 1.12.